The number of nitrogens with zero attached hydrogens (tertiary/aromatic N) is 2. The lowest BCUT2D eigenvalue weighted by atomic mass is 9.81. The van der Waals surface area contributed by atoms with Crippen molar-refractivity contribution in [3.8, 4) is 0 Å². The van der Waals surface area contributed by atoms with Crippen molar-refractivity contribution in [2.75, 3.05) is 6.54 Å². The van der Waals surface area contributed by atoms with E-state index in [1.54, 1.807) is 0 Å². The molecular formula is C11H19N3. The highest BCUT2D eigenvalue weighted by Gasteiger charge is 2.25. The van der Waals surface area contributed by atoms with E-state index in [9.17, 15) is 0 Å². The van der Waals surface area contributed by atoms with Crippen LogP contribution in [-0.2, 0) is 19.9 Å². The predicted molar refractivity (Wildman–Crippen MR) is 56.9 cm³/mol. The van der Waals surface area contributed by atoms with Crippen LogP contribution in [0.15, 0.2) is 6.33 Å². The number of hydrogen-bond donors (Lipinski definition) is 1. The largest absolute Gasteiger partial charge is 0.337 e. The van der Waals surface area contributed by atoms with Crippen molar-refractivity contribution in [3.05, 3.63) is 17.7 Å². The number of aryl methyl sites for hydroxylation is 2. The van der Waals surface area contributed by atoms with Crippen LogP contribution in [0.5, 0.6) is 0 Å². The lowest BCUT2D eigenvalue weighted by Gasteiger charge is -2.27. The summed E-state index contributed by atoms with van der Waals surface area (Å²) < 4.78 is 2.16. The Kier molecular flexibility index (Phi) is 2.59. The highest BCUT2D eigenvalue weighted by atomic mass is 15.0. The smallest absolute Gasteiger partial charge is 0.0949 e. The minimum Gasteiger partial charge on any atom is -0.337 e. The van der Waals surface area contributed by atoms with Crippen LogP contribution in [0.25, 0.3) is 0 Å². The van der Waals surface area contributed by atoms with E-state index in [2.05, 4.69) is 23.5 Å². The number of hydrogen-bond acceptors (Lipinski definition) is 2. The first-order valence-corrected chi connectivity index (χ1v) is 5.41. The fraction of sp³-hybridized carbons (Fsp3) is 0.727. The highest BCUT2D eigenvalue weighted by molar-refractivity contribution is 5.17. The Morgan fingerprint density at radius 2 is 2.50 bits per heavy atom. The molecule has 0 fully saturated rings. The Balaban J connectivity index is 2.16. The summed E-state index contributed by atoms with van der Waals surface area (Å²) in [6.45, 7) is 3.06. The molecule has 0 bridgehead atoms. The Morgan fingerprint density at radius 3 is 3.21 bits per heavy atom. The maximum atomic E-state index is 5.71. The summed E-state index contributed by atoms with van der Waals surface area (Å²) in [5.41, 5.74) is 8.43. The molecule has 1 aromatic rings. The molecule has 0 aliphatic heterocycles. The van der Waals surface area contributed by atoms with Gasteiger partial charge in [-0.3, -0.25) is 0 Å². The quantitative estimate of drug-likeness (QED) is 0.765. The van der Waals surface area contributed by atoms with E-state index in [-0.39, 0.29) is 0 Å². The Morgan fingerprint density at radius 1 is 1.71 bits per heavy atom. The van der Waals surface area contributed by atoms with Gasteiger partial charge in [0.25, 0.3) is 0 Å². The Labute approximate surface area is 85.3 Å². The van der Waals surface area contributed by atoms with Crippen molar-refractivity contribution in [2.24, 2.45) is 24.6 Å². The van der Waals surface area contributed by atoms with Crippen molar-refractivity contribution in [3.63, 3.8) is 0 Å². The van der Waals surface area contributed by atoms with Crippen molar-refractivity contribution in [1.29, 1.82) is 0 Å². The number of rotatable bonds is 2. The molecule has 14 heavy (non-hydrogen) atoms. The Hall–Kier alpha value is -0.830. The first-order valence-electron chi connectivity index (χ1n) is 5.41. The first kappa shape index (κ1) is 9.71. The average Bonchev–Trinajstić information content (AvgIpc) is 2.59. The molecule has 2 atom stereocenters. The van der Waals surface area contributed by atoms with Crippen molar-refractivity contribution < 1.29 is 0 Å². The zero-order chi connectivity index (χ0) is 10.1. The van der Waals surface area contributed by atoms with Gasteiger partial charge in [-0.05, 0) is 37.6 Å². The molecule has 2 N–H and O–H groups in total. The monoisotopic (exact) mass is 193 g/mol. The van der Waals surface area contributed by atoms with Crippen molar-refractivity contribution >= 4 is 0 Å². The van der Waals surface area contributed by atoms with Gasteiger partial charge >= 0.3 is 0 Å². The van der Waals surface area contributed by atoms with Gasteiger partial charge in [0, 0.05) is 12.7 Å². The number of nitrogens with two attached hydrogens (primary N) is 1. The van der Waals surface area contributed by atoms with E-state index < -0.39 is 0 Å². The molecule has 1 aliphatic carbocycles. The zero-order valence-corrected chi connectivity index (χ0v) is 9.03. The molecule has 0 spiro atoms. The van der Waals surface area contributed by atoms with Crippen LogP contribution in [0, 0.1) is 11.8 Å². The van der Waals surface area contributed by atoms with Crippen LogP contribution in [0.1, 0.15) is 24.7 Å². The van der Waals surface area contributed by atoms with Gasteiger partial charge in [0.2, 0.25) is 0 Å². The second-order valence-electron chi connectivity index (χ2n) is 4.46. The highest BCUT2D eigenvalue weighted by Crippen LogP contribution is 2.28. The van der Waals surface area contributed by atoms with Crippen LogP contribution in [0.3, 0.4) is 0 Å². The van der Waals surface area contributed by atoms with Gasteiger partial charge in [-0.25, -0.2) is 4.98 Å². The molecule has 0 amide bonds. The second kappa shape index (κ2) is 3.73. The fourth-order valence-corrected chi connectivity index (χ4v) is 2.33. The molecule has 3 heteroatoms. The van der Waals surface area contributed by atoms with Gasteiger partial charge in [-0.1, -0.05) is 6.92 Å². The van der Waals surface area contributed by atoms with Gasteiger partial charge < -0.3 is 10.3 Å². The van der Waals surface area contributed by atoms with Crippen LogP contribution in [0.4, 0.5) is 0 Å². The normalized spacial score (nSPS) is 23.2. The van der Waals surface area contributed by atoms with E-state index in [1.165, 1.54) is 17.8 Å². The lowest BCUT2D eigenvalue weighted by molar-refractivity contribution is 0.320. The maximum Gasteiger partial charge on any atom is 0.0949 e. The molecule has 0 saturated heterocycles. The Bertz CT molecular complexity index is 316. The number of imidazole rings is 1. The summed E-state index contributed by atoms with van der Waals surface area (Å²) in [5.74, 6) is 1.39. The standard InChI is InChI=1S/C11H19N3/c1-8(6-12)9-3-4-10-11(5-9)14(2)7-13-10/h7-9H,3-6,12H2,1-2H3. The van der Waals surface area contributed by atoms with Crippen LogP contribution in [0.2, 0.25) is 0 Å². The van der Waals surface area contributed by atoms with Crippen LogP contribution < -0.4 is 5.73 Å². The summed E-state index contributed by atoms with van der Waals surface area (Å²) >= 11 is 0. The molecule has 0 radical (unpaired) electrons. The number of aromatic nitrogens is 2. The van der Waals surface area contributed by atoms with Gasteiger partial charge in [-0.15, -0.1) is 0 Å². The third-order valence-electron chi connectivity index (χ3n) is 3.53. The molecule has 3 nitrogen and oxygen atoms in total. The second-order valence-corrected chi connectivity index (χ2v) is 4.46. The topological polar surface area (TPSA) is 43.8 Å². The first-order chi connectivity index (χ1) is 6.72. The number of fused-ring (bicyclic) bond motifs is 1. The molecule has 1 aromatic heterocycles. The summed E-state index contributed by atoms with van der Waals surface area (Å²) in [4.78, 5) is 4.41. The summed E-state index contributed by atoms with van der Waals surface area (Å²) in [6.07, 6.45) is 5.47. The third-order valence-corrected chi connectivity index (χ3v) is 3.53. The minimum atomic E-state index is 0.637. The fourth-order valence-electron chi connectivity index (χ4n) is 2.33. The van der Waals surface area contributed by atoms with Gasteiger partial charge in [0.1, 0.15) is 0 Å². The van der Waals surface area contributed by atoms with Crippen molar-refractivity contribution in [1.82, 2.24) is 9.55 Å². The lowest BCUT2D eigenvalue weighted by Crippen LogP contribution is -2.26. The summed E-state index contributed by atoms with van der Waals surface area (Å²) in [5, 5.41) is 0. The van der Waals surface area contributed by atoms with E-state index in [1.807, 2.05) is 6.33 Å². The minimum absolute atomic E-state index is 0.637. The molecule has 0 saturated carbocycles. The van der Waals surface area contributed by atoms with E-state index >= 15 is 0 Å². The SMILES string of the molecule is CC(CN)C1CCc2ncn(C)c2C1. The summed E-state index contributed by atoms with van der Waals surface area (Å²) in [6, 6.07) is 0. The average molecular weight is 193 g/mol. The molecule has 0 aromatic carbocycles. The van der Waals surface area contributed by atoms with Gasteiger partial charge in [0.15, 0.2) is 0 Å². The predicted octanol–water partition coefficient (Wildman–Crippen LogP) is 1.12. The third kappa shape index (κ3) is 1.57. The molecular weight excluding hydrogens is 174 g/mol. The molecule has 1 heterocycles. The zero-order valence-electron chi connectivity index (χ0n) is 9.03. The maximum absolute atomic E-state index is 5.71. The van der Waals surface area contributed by atoms with E-state index in [0.717, 1.165) is 25.3 Å². The van der Waals surface area contributed by atoms with Crippen LogP contribution >= 0.6 is 0 Å². The van der Waals surface area contributed by atoms with Gasteiger partial charge in [-0.2, -0.15) is 0 Å². The molecule has 2 rings (SSSR count). The van der Waals surface area contributed by atoms with E-state index in [4.69, 9.17) is 5.73 Å². The van der Waals surface area contributed by atoms with Crippen molar-refractivity contribution in [2.45, 2.75) is 26.2 Å². The summed E-state index contributed by atoms with van der Waals surface area (Å²) in [7, 11) is 2.08. The van der Waals surface area contributed by atoms with Gasteiger partial charge in [0.05, 0.1) is 12.0 Å². The van der Waals surface area contributed by atoms with E-state index in [0.29, 0.717) is 5.92 Å². The molecule has 1 aliphatic rings. The van der Waals surface area contributed by atoms with Crippen LogP contribution in [-0.4, -0.2) is 16.1 Å². The molecule has 2 unspecified atom stereocenters. The molecule has 78 valence electrons.